The summed E-state index contributed by atoms with van der Waals surface area (Å²) in [4.78, 5) is 0. The second-order valence-electron chi connectivity index (χ2n) is 6.98. The van der Waals surface area contributed by atoms with Gasteiger partial charge in [-0.3, -0.25) is 0 Å². The number of benzene rings is 2. The summed E-state index contributed by atoms with van der Waals surface area (Å²) in [6.07, 6.45) is 9.47. The highest BCUT2D eigenvalue weighted by Gasteiger charge is 2.19. The summed E-state index contributed by atoms with van der Waals surface area (Å²) in [7, 11) is 0. The summed E-state index contributed by atoms with van der Waals surface area (Å²) in [6, 6.07) is 14.5. The summed E-state index contributed by atoms with van der Waals surface area (Å²) in [5.74, 6) is 0. The predicted molar refractivity (Wildman–Crippen MR) is 120 cm³/mol. The number of hydrogen-bond acceptors (Lipinski definition) is 2. The molecule has 142 valence electrons. The Kier molecular flexibility index (Phi) is 7.48. The van der Waals surface area contributed by atoms with E-state index in [9.17, 15) is 0 Å². The van der Waals surface area contributed by atoms with Gasteiger partial charge in [0.05, 0.1) is 0 Å². The van der Waals surface area contributed by atoms with Crippen molar-refractivity contribution in [2.45, 2.75) is 47.0 Å². The zero-order valence-electron chi connectivity index (χ0n) is 17.0. The summed E-state index contributed by atoms with van der Waals surface area (Å²) in [5, 5.41) is 0. The first kappa shape index (κ1) is 20.6. The number of nitrogens with two attached hydrogens (primary N) is 2. The van der Waals surface area contributed by atoms with Gasteiger partial charge in [0.1, 0.15) is 0 Å². The molecule has 2 aromatic rings. The van der Waals surface area contributed by atoms with Crippen LogP contribution in [0.3, 0.4) is 0 Å². The third-order valence-electron chi connectivity index (χ3n) is 4.54. The van der Waals surface area contributed by atoms with Crippen LogP contribution in [-0.4, -0.2) is 0 Å². The van der Waals surface area contributed by atoms with Crippen LogP contribution in [0, 0.1) is 6.92 Å². The first-order chi connectivity index (χ1) is 13.0. The minimum atomic E-state index is 0.770. The van der Waals surface area contributed by atoms with E-state index in [0.717, 1.165) is 35.4 Å². The molecule has 1 aliphatic rings. The normalized spacial score (nSPS) is 15.3. The number of aryl methyl sites for hydroxylation is 1. The zero-order chi connectivity index (χ0) is 19.8. The van der Waals surface area contributed by atoms with Crippen molar-refractivity contribution in [2.75, 3.05) is 5.73 Å². The number of nitrogen functional groups attached to an aromatic ring is 1. The second-order valence-corrected chi connectivity index (χ2v) is 6.98. The van der Waals surface area contributed by atoms with Gasteiger partial charge in [0.2, 0.25) is 0 Å². The van der Waals surface area contributed by atoms with Gasteiger partial charge in [0.15, 0.2) is 0 Å². The van der Waals surface area contributed by atoms with E-state index in [1.807, 2.05) is 25.1 Å². The molecule has 0 unspecified atom stereocenters. The van der Waals surface area contributed by atoms with Gasteiger partial charge in [0.25, 0.3) is 0 Å². The van der Waals surface area contributed by atoms with Gasteiger partial charge in [-0.25, -0.2) is 0 Å². The SMILES string of the molecule is C/C=C\C1=C(N)CCc2c(C)cccc2/C1=C\c1cccc(N)c1.CCC. The van der Waals surface area contributed by atoms with Crippen LogP contribution < -0.4 is 11.5 Å². The minimum absolute atomic E-state index is 0.770. The fourth-order valence-electron chi connectivity index (χ4n) is 3.33. The number of fused-ring (bicyclic) bond motifs is 1. The van der Waals surface area contributed by atoms with E-state index in [1.54, 1.807) is 0 Å². The third kappa shape index (κ3) is 5.13. The van der Waals surface area contributed by atoms with Crippen LogP contribution in [0.4, 0.5) is 5.69 Å². The molecule has 0 radical (unpaired) electrons. The van der Waals surface area contributed by atoms with Gasteiger partial charge in [-0.1, -0.05) is 62.8 Å². The lowest BCUT2D eigenvalue weighted by Gasteiger charge is -2.14. The van der Waals surface area contributed by atoms with Gasteiger partial charge in [-0.15, -0.1) is 0 Å². The molecule has 1 aliphatic carbocycles. The fourth-order valence-corrected chi connectivity index (χ4v) is 3.33. The highest BCUT2D eigenvalue weighted by atomic mass is 14.6. The molecular formula is C25H32N2. The van der Waals surface area contributed by atoms with Crippen molar-refractivity contribution in [3.63, 3.8) is 0 Å². The molecule has 0 amide bonds. The van der Waals surface area contributed by atoms with Crippen molar-refractivity contribution < 1.29 is 0 Å². The first-order valence-corrected chi connectivity index (χ1v) is 9.79. The molecule has 2 nitrogen and oxygen atoms in total. The van der Waals surface area contributed by atoms with E-state index < -0.39 is 0 Å². The maximum atomic E-state index is 6.43. The van der Waals surface area contributed by atoms with Crippen LogP contribution in [0.2, 0.25) is 0 Å². The van der Waals surface area contributed by atoms with Crippen molar-refractivity contribution in [1.29, 1.82) is 0 Å². The maximum absolute atomic E-state index is 6.43. The van der Waals surface area contributed by atoms with E-state index in [-0.39, 0.29) is 0 Å². The summed E-state index contributed by atoms with van der Waals surface area (Å²) >= 11 is 0. The molecule has 0 saturated carbocycles. The van der Waals surface area contributed by atoms with Crippen molar-refractivity contribution in [1.82, 2.24) is 0 Å². The molecule has 3 rings (SSSR count). The number of rotatable bonds is 2. The molecular weight excluding hydrogens is 328 g/mol. The number of allylic oxidation sites excluding steroid dienone is 5. The standard InChI is InChI=1S/C22H24N2.C3H8/c1-3-6-20-21(14-16-8-5-9-17(23)13-16)19-10-4-7-15(2)18(19)11-12-22(20)24;1-3-2/h3-10,13-14H,11-12,23-24H2,1-2H3;3H2,1-2H3/b6-3-,21-14+;. The van der Waals surface area contributed by atoms with Crippen LogP contribution in [0.5, 0.6) is 0 Å². The Bertz CT molecular complexity index is 870. The Morgan fingerprint density at radius 3 is 2.37 bits per heavy atom. The van der Waals surface area contributed by atoms with Crippen LogP contribution in [0.25, 0.3) is 11.6 Å². The topological polar surface area (TPSA) is 52.0 Å². The van der Waals surface area contributed by atoms with Crippen molar-refractivity contribution in [3.8, 4) is 0 Å². The molecule has 0 fully saturated rings. The Morgan fingerprint density at radius 1 is 1.00 bits per heavy atom. The number of hydrogen-bond donors (Lipinski definition) is 2. The number of anilines is 1. The minimum Gasteiger partial charge on any atom is -0.402 e. The first-order valence-electron chi connectivity index (χ1n) is 9.79. The Balaban J connectivity index is 0.000000817. The Morgan fingerprint density at radius 2 is 1.70 bits per heavy atom. The highest BCUT2D eigenvalue weighted by molar-refractivity contribution is 5.95. The molecule has 2 aromatic carbocycles. The van der Waals surface area contributed by atoms with Gasteiger partial charge in [-0.05, 0) is 72.7 Å². The maximum Gasteiger partial charge on any atom is 0.0319 e. The van der Waals surface area contributed by atoms with Crippen molar-refractivity contribution in [3.05, 3.63) is 88.1 Å². The summed E-state index contributed by atoms with van der Waals surface area (Å²) < 4.78 is 0. The average molecular weight is 361 g/mol. The van der Waals surface area contributed by atoms with E-state index in [2.05, 4.69) is 63.3 Å². The third-order valence-corrected chi connectivity index (χ3v) is 4.54. The molecule has 0 aliphatic heterocycles. The lowest BCUT2D eigenvalue weighted by molar-refractivity contribution is 0.920. The molecule has 0 bridgehead atoms. The summed E-state index contributed by atoms with van der Waals surface area (Å²) in [5.41, 5.74) is 21.5. The van der Waals surface area contributed by atoms with E-state index in [1.165, 1.54) is 28.7 Å². The lowest BCUT2D eigenvalue weighted by Crippen LogP contribution is -2.01. The van der Waals surface area contributed by atoms with E-state index in [4.69, 9.17) is 11.5 Å². The molecule has 0 atom stereocenters. The zero-order valence-corrected chi connectivity index (χ0v) is 17.0. The van der Waals surface area contributed by atoms with Gasteiger partial charge >= 0.3 is 0 Å². The largest absolute Gasteiger partial charge is 0.402 e. The van der Waals surface area contributed by atoms with Crippen molar-refractivity contribution in [2.24, 2.45) is 5.73 Å². The summed E-state index contributed by atoms with van der Waals surface area (Å²) in [6.45, 7) is 8.45. The van der Waals surface area contributed by atoms with E-state index >= 15 is 0 Å². The van der Waals surface area contributed by atoms with E-state index in [0.29, 0.717) is 0 Å². The predicted octanol–water partition coefficient (Wildman–Crippen LogP) is 6.27. The van der Waals surface area contributed by atoms with Gasteiger partial charge in [0, 0.05) is 17.0 Å². The molecule has 4 N–H and O–H groups in total. The molecule has 27 heavy (non-hydrogen) atoms. The van der Waals surface area contributed by atoms with Crippen molar-refractivity contribution >= 4 is 17.3 Å². The molecule has 0 saturated heterocycles. The van der Waals surface area contributed by atoms with Gasteiger partial charge in [-0.2, -0.15) is 0 Å². The quantitative estimate of drug-likeness (QED) is 0.620. The molecule has 0 spiro atoms. The van der Waals surface area contributed by atoms with Crippen LogP contribution in [0.1, 0.15) is 55.9 Å². The Labute approximate surface area is 164 Å². The highest BCUT2D eigenvalue weighted by Crippen LogP contribution is 2.36. The average Bonchev–Trinajstić information content (AvgIpc) is 2.76. The monoisotopic (exact) mass is 360 g/mol. The molecule has 2 heteroatoms. The second kappa shape index (κ2) is 9.82. The van der Waals surface area contributed by atoms with Gasteiger partial charge < -0.3 is 11.5 Å². The van der Waals surface area contributed by atoms with Crippen LogP contribution in [-0.2, 0) is 6.42 Å². The molecule has 0 heterocycles. The molecule has 0 aromatic heterocycles. The van der Waals surface area contributed by atoms with Crippen LogP contribution in [0.15, 0.2) is 65.9 Å². The fraction of sp³-hybridized carbons (Fsp3) is 0.280. The van der Waals surface area contributed by atoms with Crippen LogP contribution >= 0.6 is 0 Å². The lowest BCUT2D eigenvalue weighted by atomic mass is 9.90. The smallest absolute Gasteiger partial charge is 0.0319 e. The Hall–Kier alpha value is -2.74.